The normalized spacial score (nSPS) is 12.2. The Balaban J connectivity index is 2.94. The number of benzene rings is 1. The van der Waals surface area contributed by atoms with Gasteiger partial charge in [-0.1, -0.05) is 36.8 Å². The Labute approximate surface area is 84.9 Å². The Morgan fingerprint density at radius 2 is 2.21 bits per heavy atom. The predicted octanol–water partition coefficient (Wildman–Crippen LogP) is 2.66. The minimum atomic E-state index is -0.155. The van der Waals surface area contributed by atoms with Gasteiger partial charge >= 0.3 is 5.97 Å². The number of carbonyl (C=O) groups is 1. The average molecular weight is 192 g/mol. The van der Waals surface area contributed by atoms with Crippen LogP contribution in [0.15, 0.2) is 24.3 Å². The molecule has 0 fully saturated rings. The van der Waals surface area contributed by atoms with E-state index >= 15 is 0 Å². The lowest BCUT2D eigenvalue weighted by atomic mass is 9.95. The van der Waals surface area contributed by atoms with Crippen molar-refractivity contribution in [3.05, 3.63) is 35.4 Å². The minimum absolute atomic E-state index is 0.125. The van der Waals surface area contributed by atoms with Crippen LogP contribution in [0, 0.1) is 6.92 Å². The quantitative estimate of drug-likeness (QED) is 0.688. The molecule has 14 heavy (non-hydrogen) atoms. The molecule has 0 amide bonds. The van der Waals surface area contributed by atoms with E-state index in [2.05, 4.69) is 0 Å². The molecule has 0 N–H and O–H groups in total. The minimum Gasteiger partial charge on any atom is -0.469 e. The van der Waals surface area contributed by atoms with Gasteiger partial charge in [0.25, 0.3) is 0 Å². The Morgan fingerprint density at radius 1 is 1.50 bits per heavy atom. The summed E-state index contributed by atoms with van der Waals surface area (Å²) in [7, 11) is 1.43. The third-order valence-electron chi connectivity index (χ3n) is 2.34. The zero-order chi connectivity index (χ0) is 10.6. The predicted molar refractivity (Wildman–Crippen MR) is 56.2 cm³/mol. The molecule has 0 saturated heterocycles. The molecule has 0 heterocycles. The number of methoxy groups -OCH3 is 1. The third kappa shape index (κ3) is 2.34. The fraction of sp³-hybridized carbons (Fsp3) is 0.417. The number of aryl methyl sites for hydroxylation is 1. The molecule has 1 aromatic rings. The van der Waals surface area contributed by atoms with E-state index in [1.54, 1.807) is 0 Å². The van der Waals surface area contributed by atoms with Gasteiger partial charge in [0.15, 0.2) is 0 Å². The second-order valence-electron chi connectivity index (χ2n) is 3.40. The van der Waals surface area contributed by atoms with Crippen molar-refractivity contribution in [1.82, 2.24) is 0 Å². The molecule has 1 atom stereocenters. The summed E-state index contributed by atoms with van der Waals surface area (Å²) in [5.74, 6) is -0.280. The Kier molecular flexibility index (Phi) is 3.69. The molecule has 1 aromatic carbocycles. The largest absolute Gasteiger partial charge is 0.469 e. The molecule has 0 bridgehead atoms. The van der Waals surface area contributed by atoms with Crippen LogP contribution < -0.4 is 0 Å². The van der Waals surface area contributed by atoms with Gasteiger partial charge in [-0.2, -0.15) is 0 Å². The molecule has 0 aliphatic carbocycles. The van der Waals surface area contributed by atoms with Gasteiger partial charge in [-0.05, 0) is 18.9 Å². The van der Waals surface area contributed by atoms with Crippen molar-refractivity contribution in [1.29, 1.82) is 0 Å². The first-order valence-corrected chi connectivity index (χ1v) is 4.83. The number of rotatable bonds is 3. The SMILES string of the molecule is CCC(C(=O)OC)c1cccc(C)c1. The molecular weight excluding hydrogens is 176 g/mol. The molecule has 2 heteroatoms. The summed E-state index contributed by atoms with van der Waals surface area (Å²) < 4.78 is 4.76. The van der Waals surface area contributed by atoms with Gasteiger partial charge in [-0.25, -0.2) is 0 Å². The summed E-state index contributed by atoms with van der Waals surface area (Å²) in [5, 5.41) is 0. The Bertz CT molecular complexity index is 318. The van der Waals surface area contributed by atoms with Crippen molar-refractivity contribution in [3.63, 3.8) is 0 Å². The van der Waals surface area contributed by atoms with E-state index in [0.717, 1.165) is 12.0 Å². The molecule has 2 nitrogen and oxygen atoms in total. The van der Waals surface area contributed by atoms with E-state index in [0.29, 0.717) is 0 Å². The maximum atomic E-state index is 11.4. The van der Waals surface area contributed by atoms with Crippen LogP contribution in [0.5, 0.6) is 0 Å². The molecule has 1 rings (SSSR count). The maximum absolute atomic E-state index is 11.4. The van der Waals surface area contributed by atoms with Crippen LogP contribution in [0.2, 0.25) is 0 Å². The van der Waals surface area contributed by atoms with E-state index in [-0.39, 0.29) is 11.9 Å². The van der Waals surface area contributed by atoms with Crippen LogP contribution >= 0.6 is 0 Å². The fourth-order valence-electron chi connectivity index (χ4n) is 1.57. The average Bonchev–Trinajstić information content (AvgIpc) is 2.19. The van der Waals surface area contributed by atoms with Crippen LogP contribution in [0.25, 0.3) is 0 Å². The van der Waals surface area contributed by atoms with Gasteiger partial charge in [-0.3, -0.25) is 4.79 Å². The van der Waals surface area contributed by atoms with Crippen molar-refractivity contribution in [2.75, 3.05) is 7.11 Å². The Morgan fingerprint density at radius 3 is 2.71 bits per heavy atom. The molecule has 0 radical (unpaired) electrons. The second-order valence-corrected chi connectivity index (χ2v) is 3.40. The molecule has 0 saturated carbocycles. The van der Waals surface area contributed by atoms with Crippen LogP contribution in [0.3, 0.4) is 0 Å². The zero-order valence-corrected chi connectivity index (χ0v) is 8.91. The molecule has 0 spiro atoms. The van der Waals surface area contributed by atoms with E-state index in [1.807, 2.05) is 38.1 Å². The first-order valence-electron chi connectivity index (χ1n) is 4.83. The van der Waals surface area contributed by atoms with Crippen molar-refractivity contribution in [2.24, 2.45) is 0 Å². The van der Waals surface area contributed by atoms with Gasteiger partial charge in [0, 0.05) is 0 Å². The maximum Gasteiger partial charge on any atom is 0.313 e. The summed E-state index contributed by atoms with van der Waals surface area (Å²) in [4.78, 5) is 11.4. The third-order valence-corrected chi connectivity index (χ3v) is 2.34. The van der Waals surface area contributed by atoms with Crippen molar-refractivity contribution in [2.45, 2.75) is 26.2 Å². The van der Waals surface area contributed by atoms with Gasteiger partial charge in [0.2, 0.25) is 0 Å². The number of carbonyl (C=O) groups excluding carboxylic acids is 1. The summed E-state index contributed by atoms with van der Waals surface area (Å²) in [5.41, 5.74) is 2.21. The highest BCUT2D eigenvalue weighted by molar-refractivity contribution is 5.78. The van der Waals surface area contributed by atoms with E-state index in [1.165, 1.54) is 12.7 Å². The summed E-state index contributed by atoms with van der Waals surface area (Å²) in [6.07, 6.45) is 0.774. The molecular formula is C12H16O2. The number of hydrogen-bond donors (Lipinski definition) is 0. The van der Waals surface area contributed by atoms with Crippen LogP contribution in [-0.4, -0.2) is 13.1 Å². The van der Waals surface area contributed by atoms with Crippen LogP contribution in [0.4, 0.5) is 0 Å². The first kappa shape index (κ1) is 10.8. The van der Waals surface area contributed by atoms with E-state index in [9.17, 15) is 4.79 Å². The standard InChI is InChI=1S/C12H16O2/c1-4-11(12(13)14-3)10-7-5-6-9(2)8-10/h5-8,11H,4H2,1-3H3. The zero-order valence-electron chi connectivity index (χ0n) is 8.91. The lowest BCUT2D eigenvalue weighted by molar-refractivity contribution is -0.142. The number of esters is 1. The van der Waals surface area contributed by atoms with E-state index < -0.39 is 0 Å². The molecule has 0 aromatic heterocycles. The molecule has 0 aliphatic heterocycles. The van der Waals surface area contributed by atoms with E-state index in [4.69, 9.17) is 4.74 Å². The molecule has 76 valence electrons. The van der Waals surface area contributed by atoms with Crippen LogP contribution in [0.1, 0.15) is 30.4 Å². The van der Waals surface area contributed by atoms with Crippen molar-refractivity contribution in [3.8, 4) is 0 Å². The summed E-state index contributed by atoms with van der Waals surface area (Å²) >= 11 is 0. The molecule has 0 aliphatic rings. The summed E-state index contributed by atoms with van der Waals surface area (Å²) in [6, 6.07) is 7.99. The monoisotopic (exact) mass is 192 g/mol. The van der Waals surface area contributed by atoms with Gasteiger partial charge in [0.05, 0.1) is 13.0 Å². The van der Waals surface area contributed by atoms with Gasteiger partial charge in [-0.15, -0.1) is 0 Å². The second kappa shape index (κ2) is 4.80. The highest BCUT2D eigenvalue weighted by Gasteiger charge is 2.18. The highest BCUT2D eigenvalue weighted by atomic mass is 16.5. The highest BCUT2D eigenvalue weighted by Crippen LogP contribution is 2.21. The topological polar surface area (TPSA) is 26.3 Å². The fourth-order valence-corrected chi connectivity index (χ4v) is 1.57. The number of ether oxygens (including phenoxy) is 1. The lowest BCUT2D eigenvalue weighted by Crippen LogP contribution is -2.13. The Hall–Kier alpha value is -1.31. The van der Waals surface area contributed by atoms with Gasteiger partial charge in [0.1, 0.15) is 0 Å². The van der Waals surface area contributed by atoms with Crippen molar-refractivity contribution >= 4 is 5.97 Å². The van der Waals surface area contributed by atoms with Gasteiger partial charge < -0.3 is 4.74 Å². The van der Waals surface area contributed by atoms with Crippen LogP contribution in [-0.2, 0) is 9.53 Å². The first-order chi connectivity index (χ1) is 6.69. The summed E-state index contributed by atoms with van der Waals surface area (Å²) in [6.45, 7) is 4.01. The smallest absolute Gasteiger partial charge is 0.313 e. The lowest BCUT2D eigenvalue weighted by Gasteiger charge is -2.12. The van der Waals surface area contributed by atoms with Crippen molar-refractivity contribution < 1.29 is 9.53 Å². The molecule has 1 unspecified atom stereocenters. The number of hydrogen-bond acceptors (Lipinski definition) is 2.